The summed E-state index contributed by atoms with van der Waals surface area (Å²) in [5.41, 5.74) is 0.132. The minimum atomic E-state index is -3.83. The summed E-state index contributed by atoms with van der Waals surface area (Å²) >= 11 is 5.82. The van der Waals surface area contributed by atoms with E-state index >= 15 is 0 Å². The Balaban J connectivity index is 1.81. The van der Waals surface area contributed by atoms with Crippen LogP contribution in [0.1, 0.15) is 10.4 Å². The lowest BCUT2D eigenvalue weighted by atomic mass is 10.2. The molecule has 0 spiro atoms. The van der Waals surface area contributed by atoms with E-state index in [0.29, 0.717) is 22.1 Å². The number of nitrogens with zero attached hydrogens (tertiary/aromatic N) is 1. The maximum Gasteiger partial charge on any atom is 0.264 e. The maximum absolute atomic E-state index is 12.3. The zero-order chi connectivity index (χ0) is 19.6. The molecule has 1 amide bonds. The number of benzene rings is 2. The lowest BCUT2D eigenvalue weighted by Gasteiger charge is -2.06. The van der Waals surface area contributed by atoms with Gasteiger partial charge in [0.1, 0.15) is 11.4 Å². The van der Waals surface area contributed by atoms with Crippen LogP contribution in [-0.2, 0) is 10.0 Å². The van der Waals surface area contributed by atoms with Crippen LogP contribution >= 0.6 is 11.6 Å². The summed E-state index contributed by atoms with van der Waals surface area (Å²) in [6, 6.07) is 11.9. The number of nitrogens with two attached hydrogens (primary N) is 1. The normalized spacial score (nSPS) is 11.2. The molecule has 0 bridgehead atoms. The van der Waals surface area contributed by atoms with Gasteiger partial charge in [-0.3, -0.25) is 9.59 Å². The fourth-order valence-electron chi connectivity index (χ4n) is 2.24. The Bertz CT molecular complexity index is 1160. The van der Waals surface area contributed by atoms with Crippen molar-refractivity contribution in [2.75, 3.05) is 5.32 Å². The van der Waals surface area contributed by atoms with E-state index in [1.54, 1.807) is 24.3 Å². The molecular weight excluding hydrogens is 392 g/mol. The van der Waals surface area contributed by atoms with Gasteiger partial charge in [-0.05, 0) is 48.5 Å². The number of H-pyrrole nitrogens is 1. The lowest BCUT2D eigenvalue weighted by molar-refractivity contribution is 0.102. The Morgan fingerprint density at radius 3 is 2.26 bits per heavy atom. The van der Waals surface area contributed by atoms with Gasteiger partial charge >= 0.3 is 0 Å². The zero-order valence-corrected chi connectivity index (χ0v) is 15.2. The quantitative estimate of drug-likeness (QED) is 0.611. The molecule has 0 unspecified atom stereocenters. The van der Waals surface area contributed by atoms with E-state index in [0.717, 1.165) is 6.20 Å². The van der Waals surface area contributed by atoms with Gasteiger partial charge in [-0.2, -0.15) is 0 Å². The van der Waals surface area contributed by atoms with Gasteiger partial charge in [0, 0.05) is 22.5 Å². The van der Waals surface area contributed by atoms with E-state index in [1.807, 2.05) is 0 Å². The minimum absolute atomic E-state index is 0.0904. The molecule has 1 aromatic heterocycles. The number of carbonyl (C=O) groups excluding carboxylic acids is 1. The van der Waals surface area contributed by atoms with Crippen molar-refractivity contribution >= 4 is 33.2 Å². The number of halogens is 1. The minimum Gasteiger partial charge on any atom is -0.322 e. The first-order valence-electron chi connectivity index (χ1n) is 7.53. The average Bonchev–Trinajstić information content (AvgIpc) is 2.62. The van der Waals surface area contributed by atoms with Crippen molar-refractivity contribution in [1.82, 2.24) is 9.97 Å². The number of aromatic nitrogens is 2. The van der Waals surface area contributed by atoms with Crippen LogP contribution in [0.25, 0.3) is 11.4 Å². The number of rotatable bonds is 4. The van der Waals surface area contributed by atoms with Crippen molar-refractivity contribution < 1.29 is 13.2 Å². The van der Waals surface area contributed by atoms with Crippen molar-refractivity contribution in [2.24, 2.45) is 5.14 Å². The highest BCUT2D eigenvalue weighted by Crippen LogP contribution is 2.17. The van der Waals surface area contributed by atoms with E-state index in [2.05, 4.69) is 15.3 Å². The van der Waals surface area contributed by atoms with Gasteiger partial charge in [-0.25, -0.2) is 18.5 Å². The number of aromatic amines is 1. The number of nitrogens with one attached hydrogen (secondary N) is 2. The number of sulfonamides is 1. The van der Waals surface area contributed by atoms with Gasteiger partial charge in [0.25, 0.3) is 11.5 Å². The number of amides is 1. The molecule has 10 heteroatoms. The van der Waals surface area contributed by atoms with Crippen LogP contribution in [-0.4, -0.2) is 24.3 Å². The molecule has 1 heterocycles. The molecule has 0 aliphatic heterocycles. The van der Waals surface area contributed by atoms with Crippen molar-refractivity contribution in [3.05, 3.63) is 75.7 Å². The SMILES string of the molecule is NS(=O)(=O)c1ccc(NC(=O)c2cnc(-c3ccc(Cl)cc3)[nH]c2=O)cc1. The number of hydrogen-bond donors (Lipinski definition) is 3. The Morgan fingerprint density at radius 2 is 1.70 bits per heavy atom. The van der Waals surface area contributed by atoms with Crippen LogP contribution < -0.4 is 16.0 Å². The van der Waals surface area contributed by atoms with Crippen LogP contribution in [0.3, 0.4) is 0 Å². The first-order valence-corrected chi connectivity index (χ1v) is 9.46. The molecule has 0 radical (unpaired) electrons. The van der Waals surface area contributed by atoms with Gasteiger partial charge in [0.2, 0.25) is 10.0 Å². The molecule has 0 aliphatic carbocycles. The highest BCUT2D eigenvalue weighted by atomic mass is 35.5. The first kappa shape index (κ1) is 18.8. The summed E-state index contributed by atoms with van der Waals surface area (Å²) in [6.07, 6.45) is 1.16. The zero-order valence-electron chi connectivity index (χ0n) is 13.6. The summed E-state index contributed by atoms with van der Waals surface area (Å²) in [5.74, 6) is -0.388. The summed E-state index contributed by atoms with van der Waals surface area (Å²) in [7, 11) is -3.83. The Kier molecular flexibility index (Phi) is 5.08. The molecule has 0 saturated carbocycles. The van der Waals surface area contributed by atoms with Gasteiger partial charge < -0.3 is 10.3 Å². The van der Waals surface area contributed by atoms with E-state index < -0.39 is 21.5 Å². The van der Waals surface area contributed by atoms with E-state index in [4.69, 9.17) is 16.7 Å². The molecule has 0 saturated heterocycles. The second-order valence-electron chi connectivity index (χ2n) is 5.51. The van der Waals surface area contributed by atoms with Gasteiger partial charge in [0.05, 0.1) is 4.90 Å². The fourth-order valence-corrected chi connectivity index (χ4v) is 2.88. The fraction of sp³-hybridized carbons (Fsp3) is 0. The van der Waals surface area contributed by atoms with Crippen LogP contribution in [0.4, 0.5) is 5.69 Å². The summed E-state index contributed by atoms with van der Waals surface area (Å²) < 4.78 is 22.5. The molecule has 0 fully saturated rings. The summed E-state index contributed by atoms with van der Waals surface area (Å²) in [4.78, 5) is 31.0. The van der Waals surface area contributed by atoms with Crippen molar-refractivity contribution in [1.29, 1.82) is 0 Å². The number of anilines is 1. The molecule has 0 atom stereocenters. The Morgan fingerprint density at radius 1 is 1.07 bits per heavy atom. The summed E-state index contributed by atoms with van der Waals surface area (Å²) in [6.45, 7) is 0. The molecule has 4 N–H and O–H groups in total. The van der Waals surface area contributed by atoms with Crippen molar-refractivity contribution in [2.45, 2.75) is 4.90 Å². The monoisotopic (exact) mass is 404 g/mol. The largest absolute Gasteiger partial charge is 0.322 e. The van der Waals surface area contributed by atoms with E-state index in [-0.39, 0.29) is 10.5 Å². The molecule has 3 rings (SSSR count). The molecule has 8 nitrogen and oxygen atoms in total. The van der Waals surface area contributed by atoms with Gasteiger partial charge in [-0.15, -0.1) is 0 Å². The summed E-state index contributed by atoms with van der Waals surface area (Å²) in [5, 5.41) is 8.05. The predicted octanol–water partition coefficient (Wildman–Crippen LogP) is 1.99. The molecule has 2 aromatic carbocycles. The standard InChI is InChI=1S/C17H13ClN4O4S/c18-11-3-1-10(2-4-11)15-20-9-14(17(24)22-15)16(23)21-12-5-7-13(8-6-12)27(19,25)26/h1-9H,(H,21,23)(H2,19,25,26)(H,20,22,24). The molecule has 0 aliphatic rings. The van der Waals surface area contributed by atoms with Crippen LogP contribution in [0, 0.1) is 0 Å². The lowest BCUT2D eigenvalue weighted by Crippen LogP contribution is -2.24. The van der Waals surface area contributed by atoms with Crippen LogP contribution in [0.15, 0.2) is 64.4 Å². The molecule has 138 valence electrons. The van der Waals surface area contributed by atoms with Crippen molar-refractivity contribution in [3.63, 3.8) is 0 Å². The molecule has 3 aromatic rings. The third kappa shape index (κ3) is 4.40. The second kappa shape index (κ2) is 7.31. The van der Waals surface area contributed by atoms with Crippen molar-refractivity contribution in [3.8, 4) is 11.4 Å². The van der Waals surface area contributed by atoms with E-state index in [9.17, 15) is 18.0 Å². The Hall–Kier alpha value is -3.01. The van der Waals surface area contributed by atoms with Gasteiger partial charge in [0.15, 0.2) is 0 Å². The average molecular weight is 405 g/mol. The number of hydrogen-bond acceptors (Lipinski definition) is 5. The van der Waals surface area contributed by atoms with Crippen LogP contribution in [0.5, 0.6) is 0 Å². The third-order valence-electron chi connectivity index (χ3n) is 3.60. The number of carbonyl (C=O) groups is 1. The van der Waals surface area contributed by atoms with E-state index in [1.165, 1.54) is 24.3 Å². The predicted molar refractivity (Wildman–Crippen MR) is 101 cm³/mol. The van der Waals surface area contributed by atoms with Gasteiger partial charge in [-0.1, -0.05) is 11.6 Å². The Labute approximate surface area is 159 Å². The molecule has 27 heavy (non-hydrogen) atoms. The third-order valence-corrected chi connectivity index (χ3v) is 4.78. The molecular formula is C17H13ClN4O4S. The first-order chi connectivity index (χ1) is 12.7. The maximum atomic E-state index is 12.3. The number of primary sulfonamides is 1. The van der Waals surface area contributed by atoms with Crippen LogP contribution in [0.2, 0.25) is 5.02 Å². The highest BCUT2D eigenvalue weighted by Gasteiger charge is 2.14. The topological polar surface area (TPSA) is 135 Å². The second-order valence-corrected chi connectivity index (χ2v) is 7.50. The highest BCUT2D eigenvalue weighted by molar-refractivity contribution is 7.89. The smallest absolute Gasteiger partial charge is 0.264 e.